The van der Waals surface area contributed by atoms with Crippen molar-refractivity contribution in [1.29, 1.82) is 0 Å². The fourth-order valence-corrected chi connectivity index (χ4v) is 3.56. The molecule has 0 bridgehead atoms. The van der Waals surface area contributed by atoms with Gasteiger partial charge < -0.3 is 20.7 Å². The fraction of sp³-hybridized carbons (Fsp3) is 0.296. The molecule has 3 amide bonds. The van der Waals surface area contributed by atoms with Gasteiger partial charge in [-0.3, -0.25) is 15.0 Å². The number of methoxy groups -OCH3 is 1. The highest BCUT2D eigenvalue weighted by molar-refractivity contribution is 6.11. The molecular formula is C27H32N6O3. The maximum Gasteiger partial charge on any atom is 0.325 e. The molecule has 0 radical (unpaired) electrons. The van der Waals surface area contributed by atoms with Crippen LogP contribution in [0.4, 0.5) is 10.5 Å². The van der Waals surface area contributed by atoms with Gasteiger partial charge in [-0.1, -0.05) is 37.3 Å². The van der Waals surface area contributed by atoms with Crippen LogP contribution in [0.2, 0.25) is 0 Å². The smallest absolute Gasteiger partial charge is 0.325 e. The van der Waals surface area contributed by atoms with E-state index in [1.54, 1.807) is 24.4 Å². The second-order valence-electron chi connectivity index (χ2n) is 8.35. The Balaban J connectivity index is 1.58. The van der Waals surface area contributed by atoms with Crippen molar-refractivity contribution in [1.82, 2.24) is 20.9 Å². The number of nitrogens with zero attached hydrogens (tertiary/aromatic N) is 2. The minimum absolute atomic E-state index is 0.0654. The standard InChI is InChI=1S/C27H32N6O3/c1-5-33(18-21-9-7-6-8-10-21)17-20(3)30-26(34)22-11-12-23(24(15-22)36-4)31-27(35)32-25-13-14-28-19(2)16-29-25/h6-12,15-16,20,28H,5,17-18H2,1-4H3,(H,30,34)(H2,29,31,32,35). The van der Waals surface area contributed by atoms with Crippen molar-refractivity contribution in [2.45, 2.75) is 33.4 Å². The number of hydrogen-bond acceptors (Lipinski definition) is 6. The Morgan fingerprint density at radius 3 is 2.67 bits per heavy atom. The van der Waals surface area contributed by atoms with E-state index < -0.39 is 6.03 Å². The first-order chi connectivity index (χ1) is 17.4. The van der Waals surface area contributed by atoms with Gasteiger partial charge in [0.05, 0.1) is 12.8 Å². The summed E-state index contributed by atoms with van der Waals surface area (Å²) in [5.41, 5.74) is 2.84. The number of allylic oxidation sites excluding steroid dienone is 1. The summed E-state index contributed by atoms with van der Waals surface area (Å²) >= 11 is 0. The first-order valence-corrected chi connectivity index (χ1v) is 11.7. The zero-order valence-electron chi connectivity index (χ0n) is 21.0. The fourth-order valence-electron chi connectivity index (χ4n) is 3.56. The van der Waals surface area contributed by atoms with E-state index in [0.29, 0.717) is 23.5 Å². The van der Waals surface area contributed by atoms with E-state index in [2.05, 4.69) is 62.2 Å². The van der Waals surface area contributed by atoms with Gasteiger partial charge in [-0.25, -0.2) is 9.79 Å². The first-order valence-electron chi connectivity index (χ1n) is 11.7. The van der Waals surface area contributed by atoms with E-state index in [4.69, 9.17) is 4.74 Å². The SMILES string of the molecule is CCN(Cc1ccccc1)CC(C)NC(=O)c1ccc(NC(=O)NC2=NC=C(C)NC#C2)c(OC)c1. The van der Waals surface area contributed by atoms with Crippen LogP contribution in [0.1, 0.15) is 36.7 Å². The zero-order chi connectivity index (χ0) is 25.9. The van der Waals surface area contributed by atoms with Crippen molar-refractivity contribution in [3.05, 3.63) is 71.6 Å². The van der Waals surface area contributed by atoms with Crippen LogP contribution >= 0.6 is 0 Å². The molecule has 1 unspecified atom stereocenters. The summed E-state index contributed by atoms with van der Waals surface area (Å²) in [6.07, 6.45) is 1.55. The molecule has 3 rings (SSSR count). The van der Waals surface area contributed by atoms with Crippen LogP contribution in [-0.4, -0.2) is 48.9 Å². The summed E-state index contributed by atoms with van der Waals surface area (Å²) in [6.45, 7) is 8.30. The molecule has 9 nitrogen and oxygen atoms in total. The topological polar surface area (TPSA) is 107 Å². The lowest BCUT2D eigenvalue weighted by atomic mass is 10.1. The molecule has 0 aliphatic carbocycles. The summed E-state index contributed by atoms with van der Waals surface area (Å²) in [5.74, 6) is 3.05. The molecule has 0 saturated carbocycles. The van der Waals surface area contributed by atoms with Gasteiger partial charge in [0.1, 0.15) is 5.75 Å². The molecule has 1 heterocycles. The van der Waals surface area contributed by atoms with Gasteiger partial charge in [-0.2, -0.15) is 0 Å². The predicted molar refractivity (Wildman–Crippen MR) is 142 cm³/mol. The number of amides is 3. The lowest BCUT2D eigenvalue weighted by Gasteiger charge is -2.25. The van der Waals surface area contributed by atoms with E-state index in [1.165, 1.54) is 12.7 Å². The van der Waals surface area contributed by atoms with Gasteiger partial charge in [0.2, 0.25) is 0 Å². The third kappa shape index (κ3) is 7.89. The Labute approximate surface area is 212 Å². The Morgan fingerprint density at radius 1 is 1.17 bits per heavy atom. The van der Waals surface area contributed by atoms with Gasteiger partial charge in [0.15, 0.2) is 5.84 Å². The number of urea groups is 1. The quantitative estimate of drug-likeness (QED) is 0.405. The molecular weight excluding hydrogens is 456 g/mol. The number of aliphatic imine (C=N–C) groups is 1. The Kier molecular flexibility index (Phi) is 9.48. The zero-order valence-corrected chi connectivity index (χ0v) is 21.0. The number of carbonyl (C=O) groups excluding carboxylic acids is 2. The van der Waals surface area contributed by atoms with Crippen LogP contribution in [0.15, 0.2) is 65.4 Å². The van der Waals surface area contributed by atoms with Gasteiger partial charge >= 0.3 is 6.03 Å². The molecule has 0 saturated heterocycles. The minimum Gasteiger partial charge on any atom is -0.495 e. The number of benzene rings is 2. The maximum absolute atomic E-state index is 12.9. The van der Waals surface area contributed by atoms with Crippen molar-refractivity contribution >= 4 is 23.5 Å². The van der Waals surface area contributed by atoms with Crippen molar-refractivity contribution in [3.8, 4) is 17.7 Å². The maximum atomic E-state index is 12.9. The highest BCUT2D eigenvalue weighted by Gasteiger charge is 2.16. The molecule has 2 aromatic rings. The van der Waals surface area contributed by atoms with E-state index >= 15 is 0 Å². The van der Waals surface area contributed by atoms with Gasteiger partial charge in [-0.05, 0) is 50.1 Å². The molecule has 2 aromatic carbocycles. The summed E-state index contributed by atoms with van der Waals surface area (Å²) in [7, 11) is 1.48. The highest BCUT2D eigenvalue weighted by atomic mass is 16.5. The average molecular weight is 489 g/mol. The lowest BCUT2D eigenvalue weighted by Crippen LogP contribution is -2.41. The molecule has 1 atom stereocenters. The molecule has 1 aliphatic rings. The van der Waals surface area contributed by atoms with Crippen LogP contribution in [-0.2, 0) is 6.54 Å². The lowest BCUT2D eigenvalue weighted by molar-refractivity contribution is 0.0928. The van der Waals surface area contributed by atoms with Crippen LogP contribution in [0.25, 0.3) is 0 Å². The first kappa shape index (κ1) is 26.3. The summed E-state index contributed by atoms with van der Waals surface area (Å²) < 4.78 is 5.41. The van der Waals surface area contributed by atoms with Gasteiger partial charge in [0, 0.05) is 42.6 Å². The Bertz CT molecular complexity index is 1200. The number of ether oxygens (including phenoxy) is 1. The number of likely N-dealkylation sites (N-methyl/N-ethyl adjacent to an activating group) is 1. The molecule has 36 heavy (non-hydrogen) atoms. The van der Waals surface area contributed by atoms with E-state index in [9.17, 15) is 9.59 Å². The Morgan fingerprint density at radius 2 is 1.94 bits per heavy atom. The van der Waals surface area contributed by atoms with Crippen molar-refractivity contribution in [2.75, 3.05) is 25.5 Å². The molecule has 1 aliphatic heterocycles. The van der Waals surface area contributed by atoms with Crippen LogP contribution in [0.3, 0.4) is 0 Å². The van der Waals surface area contributed by atoms with E-state index in [0.717, 1.165) is 18.8 Å². The van der Waals surface area contributed by atoms with Crippen molar-refractivity contribution in [2.24, 2.45) is 4.99 Å². The summed E-state index contributed by atoms with van der Waals surface area (Å²) in [5, 5.41) is 11.2. The predicted octanol–water partition coefficient (Wildman–Crippen LogP) is 3.28. The van der Waals surface area contributed by atoms with Crippen molar-refractivity contribution < 1.29 is 14.3 Å². The third-order valence-electron chi connectivity index (χ3n) is 5.38. The molecule has 4 N–H and O–H groups in total. The number of carbonyl (C=O) groups is 2. The monoisotopic (exact) mass is 488 g/mol. The normalized spacial score (nSPS) is 13.1. The molecule has 9 heteroatoms. The second kappa shape index (κ2) is 13.0. The number of anilines is 1. The third-order valence-corrected chi connectivity index (χ3v) is 5.38. The number of amidine groups is 1. The minimum atomic E-state index is -0.529. The summed E-state index contributed by atoms with van der Waals surface area (Å²) in [6, 6.07) is 17.2. The molecule has 0 spiro atoms. The van der Waals surface area contributed by atoms with Crippen LogP contribution in [0, 0.1) is 12.0 Å². The molecule has 0 fully saturated rings. The summed E-state index contributed by atoms with van der Waals surface area (Å²) in [4.78, 5) is 31.7. The molecule has 188 valence electrons. The van der Waals surface area contributed by atoms with Crippen LogP contribution < -0.4 is 26.0 Å². The van der Waals surface area contributed by atoms with E-state index in [1.807, 2.05) is 32.0 Å². The van der Waals surface area contributed by atoms with Gasteiger partial charge in [-0.15, -0.1) is 0 Å². The van der Waals surface area contributed by atoms with E-state index in [-0.39, 0.29) is 17.8 Å². The van der Waals surface area contributed by atoms with Gasteiger partial charge in [0.25, 0.3) is 5.91 Å². The Hall–Kier alpha value is -4.29. The molecule has 0 aromatic heterocycles. The average Bonchev–Trinajstić information content (AvgIpc) is 3.07. The van der Waals surface area contributed by atoms with Crippen molar-refractivity contribution in [3.63, 3.8) is 0 Å². The largest absolute Gasteiger partial charge is 0.495 e. The highest BCUT2D eigenvalue weighted by Crippen LogP contribution is 2.25. The van der Waals surface area contributed by atoms with Crippen LogP contribution in [0.5, 0.6) is 5.75 Å². The number of rotatable bonds is 9. The number of nitrogens with one attached hydrogen (secondary N) is 4. The second-order valence-corrected chi connectivity index (χ2v) is 8.35. The number of hydrogen-bond donors (Lipinski definition) is 4.